The summed E-state index contributed by atoms with van der Waals surface area (Å²) in [6.45, 7) is 2.01. The molecule has 1 saturated carbocycles. The van der Waals surface area contributed by atoms with Crippen LogP contribution >= 0.6 is 0 Å². The fourth-order valence-corrected chi connectivity index (χ4v) is 2.67. The van der Waals surface area contributed by atoms with Crippen LogP contribution < -0.4 is 5.32 Å². The van der Waals surface area contributed by atoms with Gasteiger partial charge in [-0.25, -0.2) is 0 Å². The lowest BCUT2D eigenvalue weighted by molar-refractivity contribution is -0.143. The molecule has 1 aromatic rings. The minimum absolute atomic E-state index is 0.140. The average Bonchev–Trinajstić information content (AvgIpc) is 2.87. The summed E-state index contributed by atoms with van der Waals surface area (Å²) < 4.78 is 10.1. The monoisotopic (exact) mass is 282 g/mol. The Hall–Kier alpha value is -1.40. The third kappa shape index (κ3) is 4.31. The molecule has 1 aliphatic rings. The van der Waals surface area contributed by atoms with E-state index in [0.717, 1.165) is 43.7 Å². The lowest BCUT2D eigenvalue weighted by Gasteiger charge is -2.26. The van der Waals surface area contributed by atoms with Crippen molar-refractivity contribution in [2.24, 2.45) is 11.8 Å². The van der Waals surface area contributed by atoms with Gasteiger partial charge in [-0.2, -0.15) is 0 Å². The number of methoxy groups -OCH3 is 1. The second kappa shape index (κ2) is 7.40. The Morgan fingerprint density at radius 3 is 2.90 bits per heavy atom. The normalized spacial score (nSPS) is 22.9. The first-order valence-electron chi connectivity index (χ1n) is 7.06. The van der Waals surface area contributed by atoms with E-state index < -0.39 is 5.97 Å². The molecular formula is C14H22N2O4. The summed E-state index contributed by atoms with van der Waals surface area (Å²) in [5.74, 6) is 0.505. The molecule has 6 nitrogen and oxygen atoms in total. The Labute approximate surface area is 118 Å². The van der Waals surface area contributed by atoms with Crippen LogP contribution in [0.2, 0.25) is 0 Å². The molecule has 1 aromatic heterocycles. The third-order valence-corrected chi connectivity index (χ3v) is 3.83. The number of hydrogen-bond donors (Lipinski definition) is 2. The molecular weight excluding hydrogens is 260 g/mol. The molecule has 0 bridgehead atoms. The highest BCUT2D eigenvalue weighted by Crippen LogP contribution is 2.28. The Bertz CT molecular complexity index is 425. The van der Waals surface area contributed by atoms with Crippen molar-refractivity contribution in [3.05, 3.63) is 17.5 Å². The second-order valence-electron chi connectivity index (χ2n) is 5.40. The molecule has 0 amide bonds. The zero-order valence-corrected chi connectivity index (χ0v) is 11.8. The quantitative estimate of drug-likeness (QED) is 0.793. The predicted molar refractivity (Wildman–Crippen MR) is 72.0 cm³/mol. The summed E-state index contributed by atoms with van der Waals surface area (Å²) in [6.07, 6.45) is 3.56. The first kappa shape index (κ1) is 15.0. The van der Waals surface area contributed by atoms with E-state index in [1.807, 2.05) is 6.07 Å². The standard InChI is InChI=1S/C14H22N2O4/c1-19-9-13-6-12(16-20-13)8-15-7-10-2-4-11(5-3-10)14(17)18/h6,10-11,15H,2-5,7-9H2,1H3,(H,17,18). The van der Waals surface area contributed by atoms with E-state index in [-0.39, 0.29) is 5.92 Å². The van der Waals surface area contributed by atoms with Crippen molar-refractivity contribution in [2.45, 2.75) is 38.8 Å². The number of nitrogens with one attached hydrogen (secondary N) is 1. The zero-order chi connectivity index (χ0) is 14.4. The maximum Gasteiger partial charge on any atom is 0.306 e. The van der Waals surface area contributed by atoms with Crippen LogP contribution in [0.1, 0.15) is 37.1 Å². The van der Waals surface area contributed by atoms with Crippen molar-refractivity contribution < 1.29 is 19.2 Å². The summed E-state index contributed by atoms with van der Waals surface area (Å²) in [6, 6.07) is 1.89. The van der Waals surface area contributed by atoms with Gasteiger partial charge in [0.1, 0.15) is 6.61 Å². The highest BCUT2D eigenvalue weighted by Gasteiger charge is 2.25. The van der Waals surface area contributed by atoms with E-state index in [1.54, 1.807) is 7.11 Å². The summed E-state index contributed by atoms with van der Waals surface area (Å²) >= 11 is 0. The number of carboxylic acid groups (broad SMARTS) is 1. The first-order chi connectivity index (χ1) is 9.69. The van der Waals surface area contributed by atoms with Crippen LogP contribution in [0.4, 0.5) is 0 Å². The van der Waals surface area contributed by atoms with Crippen molar-refractivity contribution in [3.63, 3.8) is 0 Å². The van der Waals surface area contributed by atoms with Gasteiger partial charge in [-0.1, -0.05) is 5.16 Å². The smallest absolute Gasteiger partial charge is 0.306 e. The maximum absolute atomic E-state index is 10.9. The number of nitrogens with zero attached hydrogens (tertiary/aromatic N) is 1. The van der Waals surface area contributed by atoms with Gasteiger partial charge in [0.25, 0.3) is 0 Å². The molecule has 1 aliphatic carbocycles. The second-order valence-corrected chi connectivity index (χ2v) is 5.40. The Balaban J connectivity index is 1.65. The highest BCUT2D eigenvalue weighted by molar-refractivity contribution is 5.69. The minimum atomic E-state index is -0.648. The van der Waals surface area contributed by atoms with Gasteiger partial charge in [0.2, 0.25) is 0 Å². The van der Waals surface area contributed by atoms with Crippen molar-refractivity contribution >= 4 is 5.97 Å². The van der Waals surface area contributed by atoms with E-state index in [4.69, 9.17) is 14.4 Å². The van der Waals surface area contributed by atoms with Gasteiger partial charge in [0.05, 0.1) is 11.6 Å². The van der Waals surface area contributed by atoms with Gasteiger partial charge in [-0.3, -0.25) is 4.79 Å². The van der Waals surface area contributed by atoms with Gasteiger partial charge in [-0.05, 0) is 38.1 Å². The van der Waals surface area contributed by atoms with Gasteiger partial charge in [0, 0.05) is 19.7 Å². The Morgan fingerprint density at radius 1 is 1.50 bits per heavy atom. The number of rotatable bonds is 7. The fourth-order valence-electron chi connectivity index (χ4n) is 2.67. The Morgan fingerprint density at radius 2 is 2.25 bits per heavy atom. The maximum atomic E-state index is 10.9. The van der Waals surface area contributed by atoms with Gasteiger partial charge >= 0.3 is 5.97 Å². The summed E-state index contributed by atoms with van der Waals surface area (Å²) in [7, 11) is 1.62. The molecule has 0 atom stereocenters. The molecule has 0 aromatic carbocycles. The number of aromatic nitrogens is 1. The molecule has 20 heavy (non-hydrogen) atoms. The van der Waals surface area contributed by atoms with Crippen LogP contribution in [0.5, 0.6) is 0 Å². The van der Waals surface area contributed by atoms with E-state index in [9.17, 15) is 4.79 Å². The Kier molecular flexibility index (Phi) is 5.55. The molecule has 112 valence electrons. The van der Waals surface area contributed by atoms with E-state index in [1.165, 1.54) is 0 Å². The third-order valence-electron chi connectivity index (χ3n) is 3.83. The number of ether oxygens (including phenoxy) is 1. The molecule has 1 fully saturated rings. The van der Waals surface area contributed by atoms with Crippen molar-refractivity contribution in [1.82, 2.24) is 10.5 Å². The molecule has 0 unspecified atom stereocenters. The summed E-state index contributed by atoms with van der Waals surface area (Å²) in [5.41, 5.74) is 0.872. The molecule has 0 saturated heterocycles. The van der Waals surface area contributed by atoms with Crippen molar-refractivity contribution in [2.75, 3.05) is 13.7 Å². The molecule has 1 heterocycles. The molecule has 2 N–H and O–H groups in total. The van der Waals surface area contributed by atoms with Crippen LogP contribution in [0.25, 0.3) is 0 Å². The lowest BCUT2D eigenvalue weighted by atomic mass is 9.82. The van der Waals surface area contributed by atoms with Crippen LogP contribution in [0.3, 0.4) is 0 Å². The highest BCUT2D eigenvalue weighted by atomic mass is 16.5. The fraction of sp³-hybridized carbons (Fsp3) is 0.714. The number of carboxylic acids is 1. The zero-order valence-electron chi connectivity index (χ0n) is 11.8. The van der Waals surface area contributed by atoms with Crippen molar-refractivity contribution in [1.29, 1.82) is 0 Å². The van der Waals surface area contributed by atoms with Crippen LogP contribution in [0.15, 0.2) is 10.6 Å². The van der Waals surface area contributed by atoms with E-state index >= 15 is 0 Å². The molecule has 0 radical (unpaired) electrons. The number of hydrogen-bond acceptors (Lipinski definition) is 5. The molecule has 6 heteroatoms. The number of carbonyl (C=O) groups is 1. The van der Waals surface area contributed by atoms with Crippen LogP contribution in [-0.2, 0) is 22.7 Å². The SMILES string of the molecule is COCc1cc(CNCC2CCC(C(=O)O)CC2)no1. The van der Waals surface area contributed by atoms with Crippen molar-refractivity contribution in [3.8, 4) is 0 Å². The summed E-state index contributed by atoms with van der Waals surface area (Å²) in [4.78, 5) is 10.9. The van der Waals surface area contributed by atoms with Gasteiger partial charge in [-0.15, -0.1) is 0 Å². The van der Waals surface area contributed by atoms with Gasteiger partial charge < -0.3 is 19.7 Å². The molecule has 0 aliphatic heterocycles. The topological polar surface area (TPSA) is 84.6 Å². The number of aliphatic carboxylic acids is 1. The predicted octanol–water partition coefficient (Wildman–Crippen LogP) is 1.80. The van der Waals surface area contributed by atoms with Crippen LogP contribution in [0, 0.1) is 11.8 Å². The largest absolute Gasteiger partial charge is 0.481 e. The average molecular weight is 282 g/mol. The minimum Gasteiger partial charge on any atom is -0.481 e. The van der Waals surface area contributed by atoms with E-state index in [0.29, 0.717) is 19.1 Å². The summed E-state index contributed by atoms with van der Waals surface area (Å²) in [5, 5.41) is 16.3. The molecule has 0 spiro atoms. The first-order valence-corrected chi connectivity index (χ1v) is 7.06. The lowest BCUT2D eigenvalue weighted by Crippen LogP contribution is -2.28. The van der Waals surface area contributed by atoms with Gasteiger partial charge in [0.15, 0.2) is 5.76 Å². The molecule has 2 rings (SSSR count). The van der Waals surface area contributed by atoms with E-state index in [2.05, 4.69) is 10.5 Å². The van der Waals surface area contributed by atoms with Crippen LogP contribution in [-0.4, -0.2) is 29.9 Å².